The molecule has 262 valence electrons. The van der Waals surface area contributed by atoms with E-state index in [1.54, 1.807) is 68.6 Å². The summed E-state index contributed by atoms with van der Waals surface area (Å²) >= 11 is 0. The molecule has 4 N–H and O–H groups in total. The fraction of sp³-hybridized carbons (Fsp3) is 0.205. The first-order valence-corrected chi connectivity index (χ1v) is 16.3. The van der Waals surface area contributed by atoms with Crippen LogP contribution in [0.2, 0.25) is 0 Å². The number of hydrogen-bond acceptors (Lipinski definition) is 8. The van der Waals surface area contributed by atoms with Crippen molar-refractivity contribution >= 4 is 40.6 Å². The van der Waals surface area contributed by atoms with Gasteiger partial charge in [-0.3, -0.25) is 19.2 Å². The maximum atomic E-state index is 13.2. The first-order valence-electron chi connectivity index (χ1n) is 16.3. The first kappa shape index (κ1) is 35.9. The second kappa shape index (κ2) is 17.3. The summed E-state index contributed by atoms with van der Waals surface area (Å²) in [6.07, 6.45) is 0.0329. The van der Waals surface area contributed by atoms with Gasteiger partial charge in [0, 0.05) is 17.3 Å². The van der Waals surface area contributed by atoms with Gasteiger partial charge in [0.2, 0.25) is 17.7 Å². The number of H-pyrrole nitrogens is 1. The van der Waals surface area contributed by atoms with Crippen LogP contribution in [0.4, 0.5) is 0 Å². The van der Waals surface area contributed by atoms with E-state index in [1.807, 2.05) is 48.5 Å². The lowest BCUT2D eigenvalue weighted by Gasteiger charge is -2.19. The van der Waals surface area contributed by atoms with Crippen molar-refractivity contribution in [1.82, 2.24) is 20.9 Å². The van der Waals surface area contributed by atoms with Crippen molar-refractivity contribution in [3.63, 3.8) is 0 Å². The molecule has 12 heteroatoms. The summed E-state index contributed by atoms with van der Waals surface area (Å²) in [4.78, 5) is 67.2. The third-order valence-corrected chi connectivity index (χ3v) is 7.92. The van der Waals surface area contributed by atoms with Crippen LogP contribution in [0.15, 0.2) is 103 Å². The van der Waals surface area contributed by atoms with Crippen LogP contribution in [-0.2, 0) is 36.8 Å². The van der Waals surface area contributed by atoms with Gasteiger partial charge in [-0.05, 0) is 78.2 Å². The van der Waals surface area contributed by atoms with Gasteiger partial charge in [0.1, 0.15) is 24.1 Å². The molecule has 0 radical (unpaired) electrons. The molecule has 0 aliphatic heterocycles. The van der Waals surface area contributed by atoms with Gasteiger partial charge in [-0.2, -0.15) is 0 Å². The lowest BCUT2D eigenvalue weighted by molar-refractivity contribution is -0.143. The number of nitrogens with one attached hydrogen (secondary N) is 4. The largest absolute Gasteiger partial charge is 0.497 e. The molecule has 0 saturated heterocycles. The van der Waals surface area contributed by atoms with E-state index in [0.29, 0.717) is 22.6 Å². The zero-order valence-electron chi connectivity index (χ0n) is 28.2. The van der Waals surface area contributed by atoms with Gasteiger partial charge in [0.25, 0.3) is 0 Å². The summed E-state index contributed by atoms with van der Waals surface area (Å²) < 4.78 is 15.6. The van der Waals surface area contributed by atoms with Crippen LogP contribution in [0, 0.1) is 0 Å². The van der Waals surface area contributed by atoms with Crippen LogP contribution in [0.5, 0.6) is 11.5 Å². The monoisotopic (exact) mass is 690 g/mol. The number of amides is 3. The zero-order chi connectivity index (χ0) is 36.2. The van der Waals surface area contributed by atoms with Gasteiger partial charge in [-0.25, -0.2) is 4.79 Å². The summed E-state index contributed by atoms with van der Waals surface area (Å²) in [6, 6.07) is 29.0. The van der Waals surface area contributed by atoms with Crippen LogP contribution in [-0.4, -0.2) is 67.5 Å². The summed E-state index contributed by atoms with van der Waals surface area (Å²) in [5.41, 5.74) is 4.31. The number of esters is 2. The Labute approximate surface area is 294 Å². The fourth-order valence-electron chi connectivity index (χ4n) is 5.41. The van der Waals surface area contributed by atoms with Crippen molar-refractivity contribution < 1.29 is 38.2 Å². The second-order valence-corrected chi connectivity index (χ2v) is 11.5. The number of ether oxygens (including phenoxy) is 3. The number of carbonyl (C=O) groups excluding carboxylic acids is 5. The number of methoxy groups -OCH3 is 1. The van der Waals surface area contributed by atoms with Gasteiger partial charge in [0.05, 0.1) is 37.9 Å². The van der Waals surface area contributed by atoms with Gasteiger partial charge < -0.3 is 35.1 Å². The number of fused-ring (bicyclic) bond motifs is 1. The highest BCUT2D eigenvalue weighted by molar-refractivity contribution is 5.96. The highest BCUT2D eigenvalue weighted by atomic mass is 16.5. The van der Waals surface area contributed by atoms with Crippen LogP contribution in [0.25, 0.3) is 22.2 Å². The van der Waals surface area contributed by atoms with E-state index in [1.165, 1.54) is 0 Å². The maximum absolute atomic E-state index is 13.2. The summed E-state index contributed by atoms with van der Waals surface area (Å²) in [5.74, 6) is -1.77. The minimum absolute atomic E-state index is 0.0106. The van der Waals surface area contributed by atoms with Crippen molar-refractivity contribution in [3.05, 3.63) is 120 Å². The lowest BCUT2D eigenvalue weighted by Crippen LogP contribution is -2.51. The molecule has 0 unspecified atom stereocenters. The van der Waals surface area contributed by atoms with Crippen molar-refractivity contribution in [1.29, 1.82) is 0 Å². The number of hydrogen-bond donors (Lipinski definition) is 4. The summed E-state index contributed by atoms with van der Waals surface area (Å²) in [5, 5.41) is 8.69. The Bertz CT molecular complexity index is 1990. The Morgan fingerprint density at radius 3 is 2.14 bits per heavy atom. The van der Waals surface area contributed by atoms with Gasteiger partial charge in [-0.15, -0.1) is 0 Å². The quantitative estimate of drug-likeness (QED) is 0.0941. The average Bonchev–Trinajstić information content (AvgIpc) is 3.51. The fourth-order valence-corrected chi connectivity index (χ4v) is 5.41. The van der Waals surface area contributed by atoms with E-state index in [0.717, 1.165) is 27.7 Å². The Kier molecular flexibility index (Phi) is 12.2. The molecule has 0 spiro atoms. The molecule has 0 bridgehead atoms. The Hall–Kier alpha value is -6.43. The van der Waals surface area contributed by atoms with E-state index < -0.39 is 42.2 Å². The second-order valence-electron chi connectivity index (χ2n) is 11.5. The molecule has 0 saturated carbocycles. The molecule has 0 aliphatic rings. The minimum atomic E-state index is -1.10. The van der Waals surface area contributed by atoms with E-state index in [-0.39, 0.29) is 26.0 Å². The number of rotatable bonds is 15. The number of aromatic amines is 1. The lowest BCUT2D eigenvalue weighted by atomic mass is 10.0. The van der Waals surface area contributed by atoms with E-state index in [4.69, 9.17) is 14.2 Å². The Morgan fingerprint density at radius 1 is 0.745 bits per heavy atom. The van der Waals surface area contributed by atoms with E-state index in [2.05, 4.69) is 20.9 Å². The van der Waals surface area contributed by atoms with E-state index in [9.17, 15) is 24.0 Å². The minimum Gasteiger partial charge on any atom is -0.497 e. The number of para-hydroxylation sites is 1. The van der Waals surface area contributed by atoms with Crippen LogP contribution in [0.3, 0.4) is 0 Å². The third kappa shape index (κ3) is 9.82. The van der Waals surface area contributed by atoms with Crippen LogP contribution in [0.1, 0.15) is 28.4 Å². The van der Waals surface area contributed by atoms with Crippen LogP contribution >= 0.6 is 0 Å². The maximum Gasteiger partial charge on any atom is 0.343 e. The average molecular weight is 691 g/mol. The summed E-state index contributed by atoms with van der Waals surface area (Å²) in [7, 11) is 1.59. The predicted molar refractivity (Wildman–Crippen MR) is 190 cm³/mol. The number of aromatic nitrogens is 1. The van der Waals surface area contributed by atoms with Gasteiger partial charge >= 0.3 is 11.9 Å². The van der Waals surface area contributed by atoms with Crippen molar-refractivity contribution in [2.24, 2.45) is 0 Å². The Morgan fingerprint density at radius 2 is 1.43 bits per heavy atom. The molecule has 0 fully saturated rings. The molecule has 0 aliphatic carbocycles. The SMILES string of the molecule is CCOC(=O)CNC(=O)[C@H](Cc1ccc(OC(=O)c2ccccc2)cc1)NC(=O)CNC(=O)Cc1c(-c2ccc(OC)cc2)[nH]c2ccccc12. The van der Waals surface area contributed by atoms with Gasteiger partial charge in [0.15, 0.2) is 0 Å². The normalized spacial score (nSPS) is 11.3. The van der Waals surface area contributed by atoms with Crippen molar-refractivity contribution in [2.45, 2.75) is 25.8 Å². The Balaban J connectivity index is 1.23. The number of carbonyl (C=O) groups is 5. The summed E-state index contributed by atoms with van der Waals surface area (Å²) in [6.45, 7) is 1.02. The highest BCUT2D eigenvalue weighted by Gasteiger charge is 2.23. The molecular weight excluding hydrogens is 652 g/mol. The topological polar surface area (TPSA) is 165 Å². The molecule has 1 aromatic heterocycles. The van der Waals surface area contributed by atoms with Crippen LogP contribution < -0.4 is 25.4 Å². The molecule has 1 atom stereocenters. The zero-order valence-corrected chi connectivity index (χ0v) is 28.2. The van der Waals surface area contributed by atoms with Gasteiger partial charge in [-0.1, -0.05) is 48.5 Å². The highest BCUT2D eigenvalue weighted by Crippen LogP contribution is 2.31. The molecule has 5 rings (SSSR count). The van der Waals surface area contributed by atoms with Crippen molar-refractivity contribution in [2.75, 3.05) is 26.8 Å². The van der Waals surface area contributed by atoms with Crippen molar-refractivity contribution in [3.8, 4) is 22.8 Å². The predicted octanol–water partition coefficient (Wildman–Crippen LogP) is 4.13. The standard InChI is InChI=1S/C39H38N4O8/c1-3-50-36(46)24-41-38(47)33(21-25-13-17-29(18-14-25)51-39(48)27-9-5-4-6-10-27)42-35(45)23-40-34(44)22-31-30-11-7-8-12-32(30)43-37(31)26-15-19-28(49-2)20-16-26/h4-20,33,43H,3,21-24H2,1-2H3,(H,40,44)(H,41,47)(H,42,45)/t33-/m0/s1. The molecule has 12 nitrogen and oxygen atoms in total. The molecular formula is C39H38N4O8. The smallest absolute Gasteiger partial charge is 0.343 e. The molecule has 3 amide bonds. The first-order chi connectivity index (χ1) is 24.7. The third-order valence-electron chi connectivity index (χ3n) is 7.92. The van der Waals surface area contributed by atoms with E-state index >= 15 is 0 Å². The molecule has 1 heterocycles. The molecule has 51 heavy (non-hydrogen) atoms. The molecule has 4 aromatic carbocycles. The number of benzene rings is 4. The molecule has 5 aromatic rings.